The summed E-state index contributed by atoms with van der Waals surface area (Å²) in [6.45, 7) is 6.32. The summed E-state index contributed by atoms with van der Waals surface area (Å²) in [4.78, 5) is 24.0. The van der Waals surface area contributed by atoms with Gasteiger partial charge in [-0.05, 0) is 47.7 Å². The van der Waals surface area contributed by atoms with Crippen molar-refractivity contribution in [3.05, 3.63) is 48.5 Å². The number of carbonyl (C=O) groups is 2. The normalized spacial score (nSPS) is 11.7. The Kier molecular flexibility index (Phi) is 11.6. The smallest absolute Gasteiger partial charge is 0.311 e. The average Bonchev–Trinajstić information content (AvgIpc) is 2.79. The highest BCUT2D eigenvalue weighted by molar-refractivity contribution is 5.74. The van der Waals surface area contributed by atoms with E-state index in [4.69, 9.17) is 9.47 Å². The molecule has 0 saturated carbocycles. The maximum Gasteiger partial charge on any atom is 0.311 e. The number of ether oxygens (including phenoxy) is 2. The molecule has 4 nitrogen and oxygen atoms in total. The number of benzene rings is 2. The highest BCUT2D eigenvalue weighted by Crippen LogP contribution is 2.25. The fourth-order valence-corrected chi connectivity index (χ4v) is 3.44. The topological polar surface area (TPSA) is 52.6 Å². The van der Waals surface area contributed by atoms with Gasteiger partial charge in [-0.1, -0.05) is 90.0 Å². The lowest BCUT2D eigenvalue weighted by molar-refractivity contribution is -0.136. The van der Waals surface area contributed by atoms with Gasteiger partial charge in [-0.15, -0.1) is 0 Å². The monoisotopic (exact) mass is 438 g/mol. The lowest BCUT2D eigenvalue weighted by Crippen LogP contribution is -2.11. The van der Waals surface area contributed by atoms with Crippen LogP contribution in [0, 0.1) is 5.92 Å². The van der Waals surface area contributed by atoms with Crippen LogP contribution >= 0.6 is 0 Å². The minimum absolute atomic E-state index is 0.171. The molecule has 0 heterocycles. The van der Waals surface area contributed by atoms with Gasteiger partial charge in [0, 0.05) is 12.8 Å². The first-order valence-corrected chi connectivity index (χ1v) is 12.1. The Hall–Kier alpha value is -2.62. The molecule has 2 rings (SSSR count). The van der Waals surface area contributed by atoms with Crippen LogP contribution < -0.4 is 9.47 Å². The number of hydrogen-bond donors (Lipinski definition) is 0. The number of carbonyl (C=O) groups excluding carboxylic acids is 2. The van der Waals surface area contributed by atoms with E-state index in [2.05, 4.69) is 13.8 Å². The molecule has 32 heavy (non-hydrogen) atoms. The van der Waals surface area contributed by atoms with E-state index in [0.29, 0.717) is 30.3 Å². The van der Waals surface area contributed by atoms with E-state index in [1.54, 1.807) is 12.1 Å². The third kappa shape index (κ3) is 9.67. The molecule has 0 amide bonds. The summed E-state index contributed by atoms with van der Waals surface area (Å²) in [5, 5.41) is 0. The standard InChI is InChI=1S/C28H38O4/c1-4-6-7-8-9-10-11-12-27(29)31-25-17-13-23(14-18-25)24-15-19-26(20-16-24)32-28(30)21-22(3)5-2/h13-20,22H,4-12,21H2,1-3H3. The molecule has 2 aromatic rings. The van der Waals surface area contributed by atoms with Gasteiger partial charge in [0.05, 0.1) is 0 Å². The molecular formula is C28H38O4. The number of hydrogen-bond acceptors (Lipinski definition) is 4. The highest BCUT2D eigenvalue weighted by atomic mass is 16.5. The largest absolute Gasteiger partial charge is 0.427 e. The van der Waals surface area contributed by atoms with Gasteiger partial charge in [0.25, 0.3) is 0 Å². The fourth-order valence-electron chi connectivity index (χ4n) is 3.44. The molecule has 0 aliphatic rings. The molecule has 0 fully saturated rings. The summed E-state index contributed by atoms with van der Waals surface area (Å²) >= 11 is 0. The number of unbranched alkanes of at least 4 members (excludes halogenated alkanes) is 6. The molecule has 1 unspecified atom stereocenters. The molecular weight excluding hydrogens is 400 g/mol. The average molecular weight is 439 g/mol. The van der Waals surface area contributed by atoms with Crippen molar-refractivity contribution < 1.29 is 19.1 Å². The molecule has 0 aromatic heterocycles. The molecule has 1 atom stereocenters. The molecule has 0 aliphatic heterocycles. The van der Waals surface area contributed by atoms with E-state index in [-0.39, 0.29) is 11.9 Å². The first kappa shape index (κ1) is 25.6. The zero-order valence-corrected chi connectivity index (χ0v) is 19.9. The Balaban J connectivity index is 1.77. The van der Waals surface area contributed by atoms with Gasteiger partial charge in [0.15, 0.2) is 0 Å². The first-order valence-electron chi connectivity index (χ1n) is 12.1. The van der Waals surface area contributed by atoms with E-state index in [0.717, 1.165) is 30.4 Å². The molecule has 0 N–H and O–H groups in total. The van der Waals surface area contributed by atoms with E-state index in [1.165, 1.54) is 32.1 Å². The van der Waals surface area contributed by atoms with Crippen LogP contribution in [0.3, 0.4) is 0 Å². The molecule has 0 spiro atoms. The van der Waals surface area contributed by atoms with Gasteiger partial charge in [-0.2, -0.15) is 0 Å². The summed E-state index contributed by atoms with van der Waals surface area (Å²) in [6, 6.07) is 15.0. The van der Waals surface area contributed by atoms with Crippen molar-refractivity contribution in [1.82, 2.24) is 0 Å². The van der Waals surface area contributed by atoms with Crippen LogP contribution in [0.5, 0.6) is 11.5 Å². The van der Waals surface area contributed by atoms with Gasteiger partial charge in [0.2, 0.25) is 0 Å². The second kappa shape index (κ2) is 14.4. The molecule has 2 aromatic carbocycles. The summed E-state index contributed by atoms with van der Waals surface area (Å²) in [5.41, 5.74) is 2.02. The Morgan fingerprint density at radius 3 is 1.66 bits per heavy atom. The Labute approximate surface area is 193 Å². The van der Waals surface area contributed by atoms with Gasteiger partial charge in [-0.25, -0.2) is 0 Å². The van der Waals surface area contributed by atoms with Crippen LogP contribution in [0.15, 0.2) is 48.5 Å². The van der Waals surface area contributed by atoms with E-state index in [1.807, 2.05) is 43.3 Å². The number of esters is 2. The van der Waals surface area contributed by atoms with Crippen LogP contribution in [-0.2, 0) is 9.59 Å². The van der Waals surface area contributed by atoms with Gasteiger partial charge < -0.3 is 9.47 Å². The number of rotatable bonds is 14. The zero-order chi connectivity index (χ0) is 23.2. The summed E-state index contributed by atoms with van der Waals surface area (Å²) in [5.74, 6) is 1.07. The molecule has 0 saturated heterocycles. The molecule has 174 valence electrons. The second-order valence-electron chi connectivity index (χ2n) is 8.59. The van der Waals surface area contributed by atoms with Crippen molar-refractivity contribution >= 4 is 11.9 Å². The quantitative estimate of drug-likeness (QED) is 0.172. The Morgan fingerprint density at radius 2 is 1.16 bits per heavy atom. The van der Waals surface area contributed by atoms with Crippen LogP contribution in [0.25, 0.3) is 11.1 Å². The van der Waals surface area contributed by atoms with E-state index >= 15 is 0 Å². The maximum atomic E-state index is 12.1. The van der Waals surface area contributed by atoms with Crippen molar-refractivity contribution in [3.8, 4) is 22.6 Å². The summed E-state index contributed by atoms with van der Waals surface area (Å²) in [7, 11) is 0. The van der Waals surface area contributed by atoms with Crippen LogP contribution in [0.4, 0.5) is 0 Å². The zero-order valence-electron chi connectivity index (χ0n) is 19.9. The fraction of sp³-hybridized carbons (Fsp3) is 0.500. The van der Waals surface area contributed by atoms with Crippen molar-refractivity contribution in [1.29, 1.82) is 0 Å². The van der Waals surface area contributed by atoms with Crippen molar-refractivity contribution in [2.75, 3.05) is 0 Å². The van der Waals surface area contributed by atoms with Crippen LogP contribution in [0.2, 0.25) is 0 Å². The van der Waals surface area contributed by atoms with Gasteiger partial charge in [-0.3, -0.25) is 9.59 Å². The third-order valence-corrected chi connectivity index (χ3v) is 5.70. The van der Waals surface area contributed by atoms with E-state index < -0.39 is 0 Å². The minimum atomic E-state index is -0.199. The molecule has 0 radical (unpaired) electrons. The van der Waals surface area contributed by atoms with Crippen molar-refractivity contribution in [3.63, 3.8) is 0 Å². The van der Waals surface area contributed by atoms with Crippen molar-refractivity contribution in [2.45, 2.75) is 85.0 Å². The highest BCUT2D eigenvalue weighted by Gasteiger charge is 2.10. The lowest BCUT2D eigenvalue weighted by Gasteiger charge is -2.09. The van der Waals surface area contributed by atoms with Crippen molar-refractivity contribution in [2.24, 2.45) is 5.92 Å². The second-order valence-corrected chi connectivity index (χ2v) is 8.59. The maximum absolute atomic E-state index is 12.1. The third-order valence-electron chi connectivity index (χ3n) is 5.70. The Bertz CT molecular complexity index is 808. The van der Waals surface area contributed by atoms with Gasteiger partial charge in [0.1, 0.15) is 11.5 Å². The van der Waals surface area contributed by atoms with Crippen LogP contribution in [-0.4, -0.2) is 11.9 Å². The minimum Gasteiger partial charge on any atom is -0.427 e. The summed E-state index contributed by atoms with van der Waals surface area (Å²) in [6.07, 6.45) is 10.1. The van der Waals surface area contributed by atoms with Gasteiger partial charge >= 0.3 is 11.9 Å². The predicted molar refractivity (Wildman–Crippen MR) is 130 cm³/mol. The predicted octanol–water partition coefficient (Wildman–Crippen LogP) is 7.74. The summed E-state index contributed by atoms with van der Waals surface area (Å²) < 4.78 is 10.9. The molecule has 4 heteroatoms. The molecule has 0 bridgehead atoms. The van der Waals surface area contributed by atoms with E-state index in [9.17, 15) is 9.59 Å². The van der Waals surface area contributed by atoms with Crippen LogP contribution in [0.1, 0.15) is 85.0 Å². The SMILES string of the molecule is CCCCCCCCCC(=O)Oc1ccc(-c2ccc(OC(=O)CC(C)CC)cc2)cc1. The lowest BCUT2D eigenvalue weighted by atomic mass is 10.1. The Morgan fingerprint density at radius 1 is 0.688 bits per heavy atom. The first-order chi connectivity index (χ1) is 15.5. The molecule has 0 aliphatic carbocycles.